The molecule has 1 aliphatic heterocycles. The summed E-state index contributed by atoms with van der Waals surface area (Å²) in [6.07, 6.45) is 0. The van der Waals surface area contributed by atoms with Gasteiger partial charge in [-0.1, -0.05) is 17.7 Å². The van der Waals surface area contributed by atoms with E-state index in [-0.39, 0.29) is 5.91 Å². The van der Waals surface area contributed by atoms with Crippen LogP contribution < -0.4 is 4.74 Å². The van der Waals surface area contributed by atoms with Crippen LogP contribution in [-0.2, 0) is 9.53 Å². The van der Waals surface area contributed by atoms with Gasteiger partial charge in [0.2, 0.25) is 5.91 Å². The van der Waals surface area contributed by atoms with Crippen molar-refractivity contribution in [1.29, 1.82) is 0 Å². The van der Waals surface area contributed by atoms with E-state index in [0.29, 0.717) is 32.9 Å². The summed E-state index contributed by atoms with van der Waals surface area (Å²) < 4.78 is 11.2. The van der Waals surface area contributed by atoms with Crippen LogP contribution in [0.15, 0.2) is 12.1 Å². The highest BCUT2D eigenvalue weighted by molar-refractivity contribution is 5.78. The van der Waals surface area contributed by atoms with Gasteiger partial charge in [0.05, 0.1) is 26.3 Å². The second-order valence-electron chi connectivity index (χ2n) is 6.28. The molecule has 0 atom stereocenters. The molecule has 1 heterocycles. The maximum absolute atomic E-state index is 12.2. The summed E-state index contributed by atoms with van der Waals surface area (Å²) in [6, 6.07) is 4.24. The molecule has 1 aliphatic rings. The number of carbonyl (C=O) groups is 1. The Morgan fingerprint density at radius 1 is 1.22 bits per heavy atom. The lowest BCUT2D eigenvalue weighted by atomic mass is 10.1. The number of hydrogen-bond donors (Lipinski definition) is 0. The maximum atomic E-state index is 12.2. The number of carbonyl (C=O) groups excluding carboxylic acids is 1. The number of rotatable bonds is 6. The molecule has 1 amide bonds. The minimum absolute atomic E-state index is 0.132. The zero-order chi connectivity index (χ0) is 16.8. The lowest BCUT2D eigenvalue weighted by Gasteiger charge is -2.28. The normalized spacial score (nSPS) is 15.5. The van der Waals surface area contributed by atoms with Crippen molar-refractivity contribution in [2.75, 3.05) is 53.0 Å². The highest BCUT2D eigenvalue weighted by Gasteiger charge is 2.17. The Balaban J connectivity index is 1.78. The standard InChI is InChI=1S/C18H28N2O3/c1-14-11-15(2)18(16(3)12-14)23-10-5-19(4)17(21)13-20-6-8-22-9-7-20/h11-12H,5-10,13H2,1-4H3. The lowest BCUT2D eigenvalue weighted by Crippen LogP contribution is -2.44. The van der Waals surface area contributed by atoms with E-state index in [0.717, 1.165) is 30.0 Å². The monoisotopic (exact) mass is 320 g/mol. The zero-order valence-corrected chi connectivity index (χ0v) is 14.7. The van der Waals surface area contributed by atoms with Crippen molar-refractivity contribution in [1.82, 2.24) is 9.80 Å². The average molecular weight is 320 g/mol. The summed E-state index contributed by atoms with van der Waals surface area (Å²) in [7, 11) is 1.83. The molecular weight excluding hydrogens is 292 g/mol. The lowest BCUT2D eigenvalue weighted by molar-refractivity contribution is -0.132. The number of benzene rings is 1. The molecule has 0 aliphatic carbocycles. The molecule has 0 N–H and O–H groups in total. The van der Waals surface area contributed by atoms with Crippen LogP contribution in [0.5, 0.6) is 5.75 Å². The van der Waals surface area contributed by atoms with Gasteiger partial charge in [-0.2, -0.15) is 0 Å². The van der Waals surface area contributed by atoms with Gasteiger partial charge in [-0.25, -0.2) is 0 Å². The summed E-state index contributed by atoms with van der Waals surface area (Å²) in [6.45, 7) is 10.9. The average Bonchev–Trinajstić information content (AvgIpc) is 2.50. The van der Waals surface area contributed by atoms with Gasteiger partial charge in [0.25, 0.3) is 0 Å². The molecule has 23 heavy (non-hydrogen) atoms. The van der Waals surface area contributed by atoms with E-state index in [1.54, 1.807) is 4.90 Å². The van der Waals surface area contributed by atoms with E-state index in [1.165, 1.54) is 5.56 Å². The second kappa shape index (κ2) is 8.31. The summed E-state index contributed by atoms with van der Waals surface area (Å²) in [4.78, 5) is 16.1. The Hall–Kier alpha value is -1.59. The van der Waals surface area contributed by atoms with Gasteiger partial charge in [-0.15, -0.1) is 0 Å². The van der Waals surface area contributed by atoms with E-state index < -0.39 is 0 Å². The third-order valence-corrected chi connectivity index (χ3v) is 4.17. The molecule has 2 rings (SSSR count). The Labute approximate surface area is 139 Å². The van der Waals surface area contributed by atoms with Crippen molar-refractivity contribution < 1.29 is 14.3 Å². The highest BCUT2D eigenvalue weighted by atomic mass is 16.5. The van der Waals surface area contributed by atoms with Crippen LogP contribution in [0.2, 0.25) is 0 Å². The largest absolute Gasteiger partial charge is 0.491 e. The number of hydrogen-bond acceptors (Lipinski definition) is 4. The molecule has 1 saturated heterocycles. The second-order valence-corrected chi connectivity index (χ2v) is 6.28. The van der Waals surface area contributed by atoms with Crippen molar-refractivity contribution in [2.24, 2.45) is 0 Å². The number of amides is 1. The van der Waals surface area contributed by atoms with Gasteiger partial charge in [0.1, 0.15) is 12.4 Å². The van der Waals surface area contributed by atoms with Crippen LogP contribution >= 0.6 is 0 Å². The predicted octanol–water partition coefficient (Wildman–Crippen LogP) is 1.78. The summed E-state index contributed by atoms with van der Waals surface area (Å²) in [5.74, 6) is 1.07. The Morgan fingerprint density at radius 3 is 2.43 bits per heavy atom. The predicted molar refractivity (Wildman–Crippen MR) is 91.0 cm³/mol. The fourth-order valence-corrected chi connectivity index (χ4v) is 2.88. The van der Waals surface area contributed by atoms with E-state index in [9.17, 15) is 4.79 Å². The number of likely N-dealkylation sites (N-methyl/N-ethyl adjacent to an activating group) is 1. The number of morpholine rings is 1. The molecule has 0 saturated carbocycles. The van der Waals surface area contributed by atoms with E-state index in [4.69, 9.17) is 9.47 Å². The molecule has 0 spiro atoms. The quantitative estimate of drug-likeness (QED) is 0.801. The minimum Gasteiger partial charge on any atom is -0.491 e. The zero-order valence-electron chi connectivity index (χ0n) is 14.7. The topological polar surface area (TPSA) is 42.0 Å². The SMILES string of the molecule is Cc1cc(C)c(OCCN(C)C(=O)CN2CCOCC2)c(C)c1. The minimum atomic E-state index is 0.132. The summed E-state index contributed by atoms with van der Waals surface area (Å²) >= 11 is 0. The van der Waals surface area contributed by atoms with Gasteiger partial charge in [0.15, 0.2) is 0 Å². The van der Waals surface area contributed by atoms with Crippen molar-refractivity contribution in [2.45, 2.75) is 20.8 Å². The first-order valence-corrected chi connectivity index (χ1v) is 8.22. The maximum Gasteiger partial charge on any atom is 0.236 e. The summed E-state index contributed by atoms with van der Waals surface area (Å²) in [5, 5.41) is 0. The summed E-state index contributed by atoms with van der Waals surface area (Å²) in [5.41, 5.74) is 3.53. The van der Waals surface area contributed by atoms with Gasteiger partial charge in [-0.05, 0) is 31.9 Å². The molecule has 1 aromatic rings. The fraction of sp³-hybridized carbons (Fsp3) is 0.611. The van der Waals surface area contributed by atoms with Crippen LogP contribution in [0, 0.1) is 20.8 Å². The van der Waals surface area contributed by atoms with Crippen molar-refractivity contribution in [3.63, 3.8) is 0 Å². The molecule has 0 aromatic heterocycles. The van der Waals surface area contributed by atoms with Gasteiger partial charge >= 0.3 is 0 Å². The van der Waals surface area contributed by atoms with Crippen LogP contribution in [0.25, 0.3) is 0 Å². The van der Waals surface area contributed by atoms with Crippen LogP contribution in [0.4, 0.5) is 0 Å². The van der Waals surface area contributed by atoms with E-state index in [1.807, 2.05) is 7.05 Å². The molecular formula is C18H28N2O3. The first-order chi connectivity index (χ1) is 11.0. The molecule has 0 bridgehead atoms. The molecule has 0 radical (unpaired) electrons. The van der Waals surface area contributed by atoms with Crippen LogP contribution in [0.1, 0.15) is 16.7 Å². The number of aryl methyl sites for hydroxylation is 3. The molecule has 128 valence electrons. The van der Waals surface area contributed by atoms with Crippen molar-refractivity contribution in [3.8, 4) is 5.75 Å². The van der Waals surface area contributed by atoms with Gasteiger partial charge < -0.3 is 14.4 Å². The van der Waals surface area contributed by atoms with Crippen LogP contribution in [-0.4, -0.2) is 68.8 Å². The van der Waals surface area contributed by atoms with E-state index in [2.05, 4.69) is 37.8 Å². The fourth-order valence-electron chi connectivity index (χ4n) is 2.88. The van der Waals surface area contributed by atoms with Crippen molar-refractivity contribution in [3.05, 3.63) is 28.8 Å². The van der Waals surface area contributed by atoms with Crippen LogP contribution in [0.3, 0.4) is 0 Å². The first-order valence-electron chi connectivity index (χ1n) is 8.22. The third kappa shape index (κ3) is 5.22. The smallest absolute Gasteiger partial charge is 0.236 e. The van der Waals surface area contributed by atoms with Gasteiger partial charge in [0, 0.05) is 20.1 Å². The molecule has 5 nitrogen and oxygen atoms in total. The third-order valence-electron chi connectivity index (χ3n) is 4.17. The first kappa shape index (κ1) is 17.8. The number of nitrogens with zero attached hydrogens (tertiary/aromatic N) is 2. The molecule has 0 unspecified atom stereocenters. The Morgan fingerprint density at radius 2 is 1.83 bits per heavy atom. The Bertz CT molecular complexity index is 516. The Kier molecular flexibility index (Phi) is 6.42. The van der Waals surface area contributed by atoms with Crippen molar-refractivity contribution >= 4 is 5.91 Å². The van der Waals surface area contributed by atoms with E-state index >= 15 is 0 Å². The molecule has 5 heteroatoms. The molecule has 1 fully saturated rings. The highest BCUT2D eigenvalue weighted by Crippen LogP contribution is 2.24. The number of ether oxygens (including phenoxy) is 2. The van der Waals surface area contributed by atoms with Gasteiger partial charge in [-0.3, -0.25) is 9.69 Å². The molecule has 1 aromatic carbocycles.